The number of nitrogens with zero attached hydrogens (tertiary/aromatic N) is 1. The van der Waals surface area contributed by atoms with Crippen LogP contribution in [0, 0.1) is 18.6 Å². The first-order valence-corrected chi connectivity index (χ1v) is 12.3. The number of hydrogen-bond donors (Lipinski definition) is 1. The van der Waals surface area contributed by atoms with Crippen molar-refractivity contribution in [1.29, 1.82) is 0 Å². The molecule has 0 spiro atoms. The number of rotatable bonds is 6. The van der Waals surface area contributed by atoms with Crippen LogP contribution in [-0.4, -0.2) is 25.3 Å². The van der Waals surface area contributed by atoms with Crippen LogP contribution in [0.25, 0.3) is 0 Å². The molecule has 6 nitrogen and oxygen atoms in total. The maximum atomic E-state index is 14.2. The normalized spacial score (nSPS) is 15.9. The van der Waals surface area contributed by atoms with Crippen molar-refractivity contribution in [2.24, 2.45) is 0 Å². The van der Waals surface area contributed by atoms with Gasteiger partial charge in [0.15, 0.2) is 6.10 Å². The van der Waals surface area contributed by atoms with Crippen molar-refractivity contribution in [3.8, 4) is 5.75 Å². The number of sulfonamides is 1. The molecule has 1 N–H and O–H groups in total. The van der Waals surface area contributed by atoms with Crippen molar-refractivity contribution in [2.45, 2.75) is 44.4 Å². The first-order valence-electron chi connectivity index (χ1n) is 10.8. The Balaban J connectivity index is 1.64. The smallest absolute Gasteiger partial charge is 0.264 e. The van der Waals surface area contributed by atoms with Gasteiger partial charge < -0.3 is 9.64 Å². The number of benzene rings is 3. The number of anilines is 1. The zero-order valence-corrected chi connectivity index (χ0v) is 19.5. The van der Waals surface area contributed by atoms with Crippen molar-refractivity contribution in [2.75, 3.05) is 4.72 Å². The lowest BCUT2D eigenvalue weighted by Gasteiger charge is -2.23. The second-order valence-corrected chi connectivity index (χ2v) is 9.82. The molecule has 3 aromatic carbocycles. The molecule has 34 heavy (non-hydrogen) atoms. The van der Waals surface area contributed by atoms with Crippen molar-refractivity contribution >= 4 is 21.6 Å². The highest BCUT2D eigenvalue weighted by molar-refractivity contribution is 7.92. The Kier molecular flexibility index (Phi) is 6.56. The number of aryl methyl sites for hydroxylation is 1. The lowest BCUT2D eigenvalue weighted by Crippen LogP contribution is -2.39. The molecular formula is C25H24F2N2O4S. The molecule has 3 aromatic rings. The fraction of sp³-hybridized carbons (Fsp3) is 0.240. The third-order valence-corrected chi connectivity index (χ3v) is 7.05. The van der Waals surface area contributed by atoms with Gasteiger partial charge in [-0.3, -0.25) is 9.52 Å². The van der Waals surface area contributed by atoms with Crippen LogP contribution in [0.4, 0.5) is 14.5 Å². The Labute approximate surface area is 197 Å². The molecule has 1 heterocycles. The van der Waals surface area contributed by atoms with E-state index in [0.29, 0.717) is 28.9 Å². The lowest BCUT2D eigenvalue weighted by atomic mass is 10.1. The number of amides is 1. The van der Waals surface area contributed by atoms with Crippen LogP contribution in [0.2, 0.25) is 0 Å². The van der Waals surface area contributed by atoms with E-state index in [1.165, 1.54) is 29.2 Å². The van der Waals surface area contributed by atoms with Crippen molar-refractivity contribution in [3.05, 3.63) is 89.0 Å². The summed E-state index contributed by atoms with van der Waals surface area (Å²) in [6.45, 7) is 3.51. The van der Waals surface area contributed by atoms with Gasteiger partial charge in [0, 0.05) is 29.9 Å². The maximum absolute atomic E-state index is 14.2. The van der Waals surface area contributed by atoms with Crippen LogP contribution in [-0.2, 0) is 27.9 Å². The van der Waals surface area contributed by atoms with Gasteiger partial charge >= 0.3 is 0 Å². The van der Waals surface area contributed by atoms with Gasteiger partial charge in [-0.1, -0.05) is 31.2 Å². The largest absolute Gasteiger partial charge is 0.480 e. The Morgan fingerprint density at radius 3 is 2.53 bits per heavy atom. The quantitative estimate of drug-likeness (QED) is 0.545. The molecule has 0 aromatic heterocycles. The molecule has 1 aliphatic heterocycles. The standard InChI is InChI=1S/C25H24F2N2O4S/c1-3-23-25(30)29(14-17-6-4-5-7-21(17)26)15-18-12-19(9-11-24(18)33-23)28-34(31,32)20-10-8-16(2)22(27)13-20/h4-13,23,28H,3,14-15H2,1-2H3/t23-/m1/s1. The number of nitrogens with one attached hydrogen (secondary N) is 1. The minimum atomic E-state index is -4.04. The molecule has 0 bridgehead atoms. The molecule has 178 valence electrons. The van der Waals surface area contributed by atoms with Gasteiger partial charge in [0.05, 0.1) is 4.90 Å². The summed E-state index contributed by atoms with van der Waals surface area (Å²) in [6, 6.07) is 14.6. The molecule has 0 saturated heterocycles. The number of carbonyl (C=O) groups is 1. The van der Waals surface area contributed by atoms with Gasteiger partial charge in [0.1, 0.15) is 17.4 Å². The minimum Gasteiger partial charge on any atom is -0.480 e. The van der Waals surface area contributed by atoms with E-state index in [1.807, 2.05) is 6.92 Å². The topological polar surface area (TPSA) is 75.7 Å². The van der Waals surface area contributed by atoms with Gasteiger partial charge in [0.2, 0.25) is 0 Å². The van der Waals surface area contributed by atoms with E-state index in [4.69, 9.17) is 4.74 Å². The summed E-state index contributed by atoms with van der Waals surface area (Å²) in [4.78, 5) is 14.3. The summed E-state index contributed by atoms with van der Waals surface area (Å²) in [7, 11) is -4.04. The van der Waals surface area contributed by atoms with Gasteiger partial charge in [-0.05, 0) is 55.3 Å². The first kappa shape index (κ1) is 23.7. The number of ether oxygens (including phenoxy) is 1. The van der Waals surface area contributed by atoms with Crippen molar-refractivity contribution < 1.29 is 26.7 Å². The third-order valence-electron chi connectivity index (χ3n) is 5.67. The van der Waals surface area contributed by atoms with E-state index in [9.17, 15) is 22.0 Å². The van der Waals surface area contributed by atoms with Gasteiger partial charge in [0.25, 0.3) is 15.9 Å². The average Bonchev–Trinajstić information content (AvgIpc) is 2.93. The number of hydrogen-bond acceptors (Lipinski definition) is 4. The Morgan fingerprint density at radius 2 is 1.82 bits per heavy atom. The van der Waals surface area contributed by atoms with Crippen LogP contribution < -0.4 is 9.46 Å². The van der Waals surface area contributed by atoms with Crippen LogP contribution in [0.1, 0.15) is 30.0 Å². The summed E-state index contributed by atoms with van der Waals surface area (Å²) in [6.07, 6.45) is -0.328. The first-order chi connectivity index (χ1) is 16.2. The predicted molar refractivity (Wildman–Crippen MR) is 124 cm³/mol. The molecule has 9 heteroatoms. The van der Waals surface area contributed by atoms with Crippen molar-refractivity contribution in [1.82, 2.24) is 4.90 Å². The minimum absolute atomic E-state index is 0.0450. The zero-order valence-electron chi connectivity index (χ0n) is 18.7. The number of halogens is 2. The second kappa shape index (κ2) is 9.42. The number of fused-ring (bicyclic) bond motifs is 1. The summed E-state index contributed by atoms with van der Waals surface area (Å²) in [5, 5.41) is 0. The Bertz CT molecular complexity index is 1340. The van der Waals surface area contributed by atoms with E-state index in [1.54, 1.807) is 37.3 Å². The zero-order chi connectivity index (χ0) is 24.5. The maximum Gasteiger partial charge on any atom is 0.264 e. The van der Waals surface area contributed by atoms with Gasteiger partial charge in [-0.2, -0.15) is 0 Å². The summed E-state index contributed by atoms with van der Waals surface area (Å²) >= 11 is 0. The third kappa shape index (κ3) is 4.89. The molecule has 0 fully saturated rings. The number of carbonyl (C=O) groups excluding carboxylic acids is 1. The molecular weight excluding hydrogens is 462 g/mol. The van der Waals surface area contributed by atoms with E-state index in [2.05, 4.69) is 4.72 Å². The highest BCUT2D eigenvalue weighted by Crippen LogP contribution is 2.31. The van der Waals surface area contributed by atoms with Gasteiger partial charge in [-0.15, -0.1) is 0 Å². The summed E-state index contributed by atoms with van der Waals surface area (Å²) in [5.74, 6) is -0.869. The van der Waals surface area contributed by atoms with E-state index < -0.39 is 27.8 Å². The Hall–Kier alpha value is -3.46. The highest BCUT2D eigenvalue weighted by atomic mass is 32.2. The van der Waals surface area contributed by atoms with Crippen LogP contribution >= 0.6 is 0 Å². The molecule has 0 saturated carbocycles. The van der Waals surface area contributed by atoms with E-state index in [0.717, 1.165) is 6.07 Å². The fourth-order valence-electron chi connectivity index (χ4n) is 3.75. The SMILES string of the molecule is CC[C@H]1Oc2ccc(NS(=O)(=O)c3ccc(C)c(F)c3)cc2CN(Cc2ccccc2F)C1=O. The van der Waals surface area contributed by atoms with Gasteiger partial charge in [-0.25, -0.2) is 17.2 Å². The molecule has 0 radical (unpaired) electrons. The molecule has 1 atom stereocenters. The molecule has 1 aliphatic rings. The summed E-state index contributed by atoms with van der Waals surface area (Å²) < 4.78 is 62.1. The second-order valence-electron chi connectivity index (χ2n) is 8.14. The predicted octanol–water partition coefficient (Wildman–Crippen LogP) is 4.77. The monoisotopic (exact) mass is 486 g/mol. The van der Waals surface area contributed by atoms with Crippen LogP contribution in [0.3, 0.4) is 0 Å². The molecule has 0 unspecified atom stereocenters. The molecule has 4 rings (SSSR count). The molecule has 1 amide bonds. The lowest BCUT2D eigenvalue weighted by molar-refractivity contribution is -0.139. The molecule has 0 aliphatic carbocycles. The Morgan fingerprint density at radius 1 is 1.06 bits per heavy atom. The average molecular weight is 487 g/mol. The van der Waals surface area contributed by atoms with E-state index >= 15 is 0 Å². The van der Waals surface area contributed by atoms with Crippen molar-refractivity contribution in [3.63, 3.8) is 0 Å². The fourth-order valence-corrected chi connectivity index (χ4v) is 4.81. The van der Waals surface area contributed by atoms with Crippen LogP contribution in [0.5, 0.6) is 5.75 Å². The highest BCUT2D eigenvalue weighted by Gasteiger charge is 2.30. The summed E-state index contributed by atoms with van der Waals surface area (Å²) in [5.41, 5.74) is 1.51. The van der Waals surface area contributed by atoms with E-state index in [-0.39, 0.29) is 29.6 Å². The van der Waals surface area contributed by atoms with Crippen LogP contribution in [0.15, 0.2) is 65.6 Å².